The van der Waals surface area contributed by atoms with E-state index in [4.69, 9.17) is 6.42 Å². The fourth-order valence-electron chi connectivity index (χ4n) is 1.24. The summed E-state index contributed by atoms with van der Waals surface area (Å²) in [7, 11) is 0. The summed E-state index contributed by atoms with van der Waals surface area (Å²) in [6, 6.07) is 7.77. The van der Waals surface area contributed by atoms with Gasteiger partial charge in [0.2, 0.25) is 5.91 Å². The molecule has 1 rings (SSSR count). The van der Waals surface area contributed by atoms with Gasteiger partial charge >= 0.3 is 0 Å². The number of hydrogen-bond donors (Lipinski definition) is 1. The molecule has 0 aromatic heterocycles. The highest BCUT2D eigenvalue weighted by Gasteiger charge is 1.89. The van der Waals surface area contributed by atoms with Gasteiger partial charge in [0.15, 0.2) is 0 Å². The van der Waals surface area contributed by atoms with Crippen LogP contribution in [0.25, 0.3) is 6.08 Å². The molecule has 0 aliphatic heterocycles. The monoisotopic (exact) mass is 213 g/mol. The summed E-state index contributed by atoms with van der Waals surface area (Å²) in [6.07, 6.45) is 10.1. The zero-order valence-corrected chi connectivity index (χ0v) is 9.36. The first-order chi connectivity index (χ1) is 7.72. The number of benzene rings is 1. The summed E-state index contributed by atoms with van der Waals surface area (Å²) in [5.74, 6) is 2.58. The molecule has 0 aliphatic rings. The van der Waals surface area contributed by atoms with Crippen molar-refractivity contribution in [1.82, 2.24) is 5.32 Å². The lowest BCUT2D eigenvalue weighted by Gasteiger charge is -1.97. The molecule has 2 heteroatoms. The molecule has 2 nitrogen and oxygen atoms in total. The Hall–Kier alpha value is -2.01. The Morgan fingerprint density at radius 3 is 2.69 bits per heavy atom. The average molecular weight is 213 g/mol. The number of hydrogen-bond acceptors (Lipinski definition) is 1. The molecule has 0 spiro atoms. The van der Waals surface area contributed by atoms with Gasteiger partial charge in [0.25, 0.3) is 0 Å². The van der Waals surface area contributed by atoms with Gasteiger partial charge < -0.3 is 5.32 Å². The Bertz CT molecular complexity index is 409. The summed E-state index contributed by atoms with van der Waals surface area (Å²) in [5, 5.41) is 2.73. The molecule has 0 saturated carbocycles. The smallest absolute Gasteiger partial charge is 0.216 e. The van der Waals surface area contributed by atoms with Crippen LogP contribution in [-0.2, 0) is 4.79 Å². The zero-order chi connectivity index (χ0) is 11.8. The molecule has 0 fully saturated rings. The Balaban J connectivity index is 2.38. The van der Waals surface area contributed by atoms with E-state index < -0.39 is 0 Å². The lowest BCUT2D eigenvalue weighted by atomic mass is 10.1. The second-order valence-corrected chi connectivity index (χ2v) is 3.44. The van der Waals surface area contributed by atoms with E-state index in [1.165, 1.54) is 6.92 Å². The van der Waals surface area contributed by atoms with Gasteiger partial charge in [0.1, 0.15) is 0 Å². The van der Waals surface area contributed by atoms with Gasteiger partial charge in [-0.05, 0) is 24.1 Å². The Labute approximate surface area is 96.4 Å². The fourth-order valence-corrected chi connectivity index (χ4v) is 1.24. The maximum Gasteiger partial charge on any atom is 0.216 e. The minimum atomic E-state index is 0.00627. The van der Waals surface area contributed by atoms with E-state index in [1.54, 1.807) is 0 Å². The van der Waals surface area contributed by atoms with Crippen LogP contribution < -0.4 is 5.32 Å². The third kappa shape index (κ3) is 4.47. The number of amides is 1. The number of nitrogens with one attached hydrogen (secondary N) is 1. The summed E-state index contributed by atoms with van der Waals surface area (Å²) < 4.78 is 0. The molecule has 82 valence electrons. The van der Waals surface area contributed by atoms with Gasteiger partial charge in [-0.2, -0.15) is 0 Å². The van der Waals surface area contributed by atoms with E-state index in [0.717, 1.165) is 17.5 Å². The van der Waals surface area contributed by atoms with Crippen LogP contribution in [0, 0.1) is 12.3 Å². The van der Waals surface area contributed by atoms with Crippen molar-refractivity contribution in [2.45, 2.75) is 13.3 Å². The molecular formula is C14H15NO. The minimum Gasteiger partial charge on any atom is -0.356 e. The van der Waals surface area contributed by atoms with E-state index in [-0.39, 0.29) is 5.91 Å². The minimum absolute atomic E-state index is 0.00627. The molecule has 0 unspecified atom stereocenters. The average Bonchev–Trinajstić information content (AvgIpc) is 2.29. The molecule has 0 atom stereocenters. The van der Waals surface area contributed by atoms with Crippen LogP contribution >= 0.6 is 0 Å². The lowest BCUT2D eigenvalue weighted by Crippen LogP contribution is -2.20. The third-order valence-electron chi connectivity index (χ3n) is 2.07. The Morgan fingerprint density at radius 2 is 2.12 bits per heavy atom. The van der Waals surface area contributed by atoms with E-state index in [0.29, 0.717) is 6.54 Å². The van der Waals surface area contributed by atoms with Crippen molar-refractivity contribution < 1.29 is 4.79 Å². The number of rotatable bonds is 4. The molecule has 1 aromatic carbocycles. The molecule has 0 bridgehead atoms. The van der Waals surface area contributed by atoms with Gasteiger partial charge in [-0.15, -0.1) is 6.42 Å². The van der Waals surface area contributed by atoms with E-state index >= 15 is 0 Å². The molecule has 1 N–H and O–H groups in total. The van der Waals surface area contributed by atoms with Gasteiger partial charge in [-0.3, -0.25) is 4.79 Å². The molecule has 0 saturated heterocycles. The summed E-state index contributed by atoms with van der Waals surface area (Å²) in [6.45, 7) is 2.19. The van der Waals surface area contributed by atoms with Crippen LogP contribution in [0.4, 0.5) is 0 Å². The van der Waals surface area contributed by atoms with Gasteiger partial charge in [-0.25, -0.2) is 0 Å². The first-order valence-corrected chi connectivity index (χ1v) is 5.20. The second kappa shape index (κ2) is 6.47. The van der Waals surface area contributed by atoms with Crippen molar-refractivity contribution in [3.05, 3.63) is 41.5 Å². The van der Waals surface area contributed by atoms with Crippen molar-refractivity contribution in [3.63, 3.8) is 0 Å². The van der Waals surface area contributed by atoms with Gasteiger partial charge in [0.05, 0.1) is 0 Å². The van der Waals surface area contributed by atoms with Crippen LogP contribution in [0.5, 0.6) is 0 Å². The van der Waals surface area contributed by atoms with Crippen molar-refractivity contribution >= 4 is 12.0 Å². The van der Waals surface area contributed by atoms with Crippen LogP contribution in [-0.4, -0.2) is 12.5 Å². The van der Waals surface area contributed by atoms with Crippen LogP contribution in [0.15, 0.2) is 30.3 Å². The normalized spacial score (nSPS) is 10.0. The quantitative estimate of drug-likeness (QED) is 0.603. The predicted octanol–water partition coefficient (Wildman–Crippen LogP) is 2.21. The second-order valence-electron chi connectivity index (χ2n) is 3.44. The number of carbonyl (C=O) groups is 1. The van der Waals surface area contributed by atoms with Crippen LogP contribution in [0.1, 0.15) is 24.5 Å². The topological polar surface area (TPSA) is 29.1 Å². The summed E-state index contributed by atoms with van der Waals surface area (Å²) in [4.78, 5) is 10.6. The zero-order valence-electron chi connectivity index (χ0n) is 9.36. The van der Waals surface area contributed by atoms with E-state index in [2.05, 4.69) is 11.2 Å². The molecule has 1 amide bonds. The molecule has 0 heterocycles. The standard InChI is InChI=1S/C14H15NO/c1-3-13-7-9-14(10-8-13)6-4-5-11-15-12(2)16/h1,4,6-10H,5,11H2,2H3,(H,15,16). The predicted molar refractivity (Wildman–Crippen MR) is 66.7 cm³/mol. The Kier molecular flexibility index (Phi) is 4.88. The molecule has 0 aliphatic carbocycles. The largest absolute Gasteiger partial charge is 0.356 e. The fraction of sp³-hybridized carbons (Fsp3) is 0.214. The van der Waals surface area contributed by atoms with Gasteiger partial charge in [0, 0.05) is 19.0 Å². The third-order valence-corrected chi connectivity index (χ3v) is 2.07. The molecule has 16 heavy (non-hydrogen) atoms. The maximum atomic E-state index is 10.6. The summed E-state index contributed by atoms with van der Waals surface area (Å²) >= 11 is 0. The van der Waals surface area contributed by atoms with Crippen molar-refractivity contribution in [2.24, 2.45) is 0 Å². The molecule has 0 radical (unpaired) electrons. The van der Waals surface area contributed by atoms with E-state index in [9.17, 15) is 4.79 Å². The van der Waals surface area contributed by atoms with E-state index in [1.807, 2.05) is 36.4 Å². The Morgan fingerprint density at radius 1 is 1.44 bits per heavy atom. The van der Waals surface area contributed by atoms with Crippen molar-refractivity contribution in [1.29, 1.82) is 0 Å². The highest BCUT2D eigenvalue weighted by Crippen LogP contribution is 2.05. The first kappa shape index (κ1) is 12.1. The molecule has 1 aromatic rings. The van der Waals surface area contributed by atoms with Crippen LogP contribution in [0.2, 0.25) is 0 Å². The number of carbonyl (C=O) groups excluding carboxylic acids is 1. The SMILES string of the molecule is C#Cc1ccc(C=CCCNC(C)=O)cc1. The number of terminal acetylenes is 1. The van der Waals surface area contributed by atoms with Crippen LogP contribution in [0.3, 0.4) is 0 Å². The lowest BCUT2D eigenvalue weighted by molar-refractivity contribution is -0.118. The molecular weight excluding hydrogens is 198 g/mol. The summed E-state index contributed by atoms with van der Waals surface area (Å²) in [5.41, 5.74) is 2.00. The van der Waals surface area contributed by atoms with Crippen molar-refractivity contribution in [2.75, 3.05) is 6.54 Å². The highest BCUT2D eigenvalue weighted by molar-refractivity contribution is 5.72. The van der Waals surface area contributed by atoms with Crippen molar-refractivity contribution in [3.8, 4) is 12.3 Å². The first-order valence-electron chi connectivity index (χ1n) is 5.20. The maximum absolute atomic E-state index is 10.6. The van der Waals surface area contributed by atoms with Gasteiger partial charge in [-0.1, -0.05) is 30.2 Å². The highest BCUT2D eigenvalue weighted by atomic mass is 16.1.